The zero-order valence-electron chi connectivity index (χ0n) is 15.1. The fraction of sp³-hybridized carbons (Fsp3) is 0.400. The topological polar surface area (TPSA) is 75.8 Å². The Bertz CT molecular complexity index is 942. The normalized spacial score (nSPS) is 19.1. The average Bonchev–Trinajstić information content (AvgIpc) is 3.31. The number of hydrogen-bond donors (Lipinski definition) is 0. The average molecular weight is 430 g/mol. The second kappa shape index (κ2) is 7.48. The molecule has 7 heteroatoms. The lowest BCUT2D eigenvalue weighted by Crippen LogP contribution is -2.28. The molecule has 1 saturated heterocycles. The molecule has 27 heavy (non-hydrogen) atoms. The summed E-state index contributed by atoms with van der Waals surface area (Å²) >= 11 is 3.46. The molecule has 2 heterocycles. The van der Waals surface area contributed by atoms with Crippen molar-refractivity contribution in [3.63, 3.8) is 0 Å². The van der Waals surface area contributed by atoms with E-state index in [0.717, 1.165) is 35.2 Å². The lowest BCUT2D eigenvalue weighted by Gasteiger charge is -2.13. The summed E-state index contributed by atoms with van der Waals surface area (Å²) in [5.41, 5.74) is 2.15. The van der Waals surface area contributed by atoms with E-state index in [1.54, 1.807) is 0 Å². The van der Waals surface area contributed by atoms with E-state index in [1.165, 1.54) is 12.8 Å². The molecule has 0 unspecified atom stereocenters. The smallest absolute Gasteiger partial charge is 0.244 e. The second-order valence-electron chi connectivity index (χ2n) is 6.97. The fourth-order valence-electron chi connectivity index (χ4n) is 3.47. The number of Topliss-reactive ketones (excluding diaryl/α,β-unsaturated/α-hetero) is 2. The van der Waals surface area contributed by atoms with Gasteiger partial charge >= 0.3 is 0 Å². The van der Waals surface area contributed by atoms with Crippen LogP contribution in [0.15, 0.2) is 32.1 Å². The lowest BCUT2D eigenvalue weighted by molar-refractivity contribution is 0.0949. The molecule has 140 valence electrons. The first kappa shape index (κ1) is 18.3. The van der Waals surface area contributed by atoms with Crippen LogP contribution in [0.4, 0.5) is 0 Å². The van der Waals surface area contributed by atoms with Gasteiger partial charge in [0.15, 0.2) is 11.5 Å². The van der Waals surface area contributed by atoms with Crippen molar-refractivity contribution in [3.05, 3.63) is 39.7 Å². The largest absolute Gasteiger partial charge is 0.432 e. The SMILES string of the molecule is Cc1cc(-c2nc3c(o2)C(=O)C(=NCCN2CCCC2)CC3=O)ccc1Br. The Morgan fingerprint density at radius 3 is 2.78 bits per heavy atom. The molecule has 0 bridgehead atoms. The maximum absolute atomic E-state index is 12.7. The molecule has 4 rings (SSSR count). The number of fused-ring (bicyclic) bond motifs is 1. The van der Waals surface area contributed by atoms with Crippen LogP contribution in [-0.2, 0) is 0 Å². The van der Waals surface area contributed by atoms with E-state index in [-0.39, 0.29) is 41.0 Å². The van der Waals surface area contributed by atoms with E-state index >= 15 is 0 Å². The van der Waals surface area contributed by atoms with Crippen LogP contribution in [0.5, 0.6) is 0 Å². The van der Waals surface area contributed by atoms with Crippen LogP contribution in [0, 0.1) is 6.92 Å². The summed E-state index contributed by atoms with van der Waals surface area (Å²) in [5.74, 6) is -0.232. The van der Waals surface area contributed by atoms with Gasteiger partial charge in [0.2, 0.25) is 17.4 Å². The molecular weight excluding hydrogens is 410 g/mol. The number of nitrogens with zero attached hydrogens (tertiary/aromatic N) is 3. The third-order valence-electron chi connectivity index (χ3n) is 5.01. The van der Waals surface area contributed by atoms with Crippen molar-refractivity contribution >= 4 is 33.2 Å². The molecule has 1 aromatic heterocycles. The highest BCUT2D eigenvalue weighted by Crippen LogP contribution is 2.29. The van der Waals surface area contributed by atoms with E-state index in [0.29, 0.717) is 6.54 Å². The number of carbonyl (C=O) groups is 2. The first-order chi connectivity index (χ1) is 13.0. The second-order valence-corrected chi connectivity index (χ2v) is 7.82. The number of rotatable bonds is 4. The van der Waals surface area contributed by atoms with Gasteiger partial charge in [0.05, 0.1) is 18.7 Å². The Hall–Kier alpha value is -2.12. The highest BCUT2D eigenvalue weighted by atomic mass is 79.9. The summed E-state index contributed by atoms with van der Waals surface area (Å²) < 4.78 is 6.67. The third kappa shape index (κ3) is 3.66. The number of aliphatic imine (C=N–C) groups is 1. The highest BCUT2D eigenvalue weighted by molar-refractivity contribution is 9.10. The molecule has 0 saturated carbocycles. The van der Waals surface area contributed by atoms with E-state index in [2.05, 4.69) is 30.8 Å². The Labute approximate surface area is 165 Å². The molecule has 2 aromatic rings. The van der Waals surface area contributed by atoms with Gasteiger partial charge in [-0.15, -0.1) is 0 Å². The molecule has 1 aliphatic heterocycles. The van der Waals surface area contributed by atoms with E-state index in [4.69, 9.17) is 4.42 Å². The van der Waals surface area contributed by atoms with Crippen molar-refractivity contribution in [2.75, 3.05) is 26.2 Å². The lowest BCUT2D eigenvalue weighted by atomic mass is 9.97. The number of aromatic nitrogens is 1. The standard InChI is InChI=1S/C20H20BrN3O3/c1-12-10-13(4-5-14(12)21)20-23-17-16(25)11-15(18(26)19(17)27-20)22-6-9-24-7-2-3-8-24/h4-5,10H,2-3,6-9,11H2,1H3. The number of halogens is 1. The maximum Gasteiger partial charge on any atom is 0.244 e. The molecule has 2 aliphatic rings. The molecule has 1 aromatic carbocycles. The van der Waals surface area contributed by atoms with Crippen molar-refractivity contribution in [1.82, 2.24) is 9.88 Å². The van der Waals surface area contributed by atoms with Gasteiger partial charge < -0.3 is 9.32 Å². The number of likely N-dealkylation sites (tertiary alicyclic amines) is 1. The minimum atomic E-state index is -0.321. The maximum atomic E-state index is 12.7. The zero-order valence-corrected chi connectivity index (χ0v) is 16.7. The first-order valence-electron chi connectivity index (χ1n) is 9.14. The number of benzene rings is 1. The Balaban J connectivity index is 1.57. The van der Waals surface area contributed by atoms with Crippen molar-refractivity contribution in [1.29, 1.82) is 0 Å². The van der Waals surface area contributed by atoms with Gasteiger partial charge in [0.1, 0.15) is 0 Å². The summed E-state index contributed by atoms with van der Waals surface area (Å²) in [6.45, 7) is 5.46. The number of ketones is 2. The quantitative estimate of drug-likeness (QED) is 0.739. The van der Waals surface area contributed by atoms with Crippen molar-refractivity contribution < 1.29 is 14.0 Å². The summed E-state index contributed by atoms with van der Waals surface area (Å²) in [7, 11) is 0. The van der Waals surface area contributed by atoms with Gasteiger partial charge in [-0.2, -0.15) is 0 Å². The summed E-state index contributed by atoms with van der Waals surface area (Å²) in [6.07, 6.45) is 2.43. The van der Waals surface area contributed by atoms with Gasteiger partial charge in [-0.25, -0.2) is 4.98 Å². The Morgan fingerprint density at radius 2 is 2.04 bits per heavy atom. The molecule has 1 aliphatic carbocycles. The number of aryl methyl sites for hydroxylation is 1. The zero-order chi connectivity index (χ0) is 19.0. The molecule has 6 nitrogen and oxygen atoms in total. The molecule has 0 amide bonds. The van der Waals surface area contributed by atoms with E-state index in [9.17, 15) is 9.59 Å². The Morgan fingerprint density at radius 1 is 1.26 bits per heavy atom. The predicted molar refractivity (Wildman–Crippen MR) is 106 cm³/mol. The molecule has 0 atom stereocenters. The van der Waals surface area contributed by atoms with E-state index < -0.39 is 0 Å². The van der Waals surface area contributed by atoms with Gasteiger partial charge in [0, 0.05) is 16.6 Å². The van der Waals surface area contributed by atoms with Crippen LogP contribution in [0.2, 0.25) is 0 Å². The number of carbonyl (C=O) groups excluding carboxylic acids is 2. The minimum absolute atomic E-state index is 0.00281. The van der Waals surface area contributed by atoms with Gasteiger partial charge in [-0.1, -0.05) is 15.9 Å². The van der Waals surface area contributed by atoms with Gasteiger partial charge in [-0.3, -0.25) is 14.6 Å². The van der Waals surface area contributed by atoms with Crippen molar-refractivity contribution in [2.24, 2.45) is 4.99 Å². The first-order valence-corrected chi connectivity index (χ1v) is 9.93. The molecule has 0 spiro atoms. The minimum Gasteiger partial charge on any atom is -0.432 e. The molecule has 0 N–H and O–H groups in total. The van der Waals surface area contributed by atoms with Gasteiger partial charge in [-0.05, 0) is 56.6 Å². The van der Waals surface area contributed by atoms with Crippen LogP contribution >= 0.6 is 15.9 Å². The highest BCUT2D eigenvalue weighted by Gasteiger charge is 2.35. The monoisotopic (exact) mass is 429 g/mol. The summed E-state index contributed by atoms with van der Waals surface area (Å²) in [5, 5.41) is 0. The summed E-state index contributed by atoms with van der Waals surface area (Å²) in [4.78, 5) is 36.2. The summed E-state index contributed by atoms with van der Waals surface area (Å²) in [6, 6.07) is 5.64. The Kier molecular flexibility index (Phi) is 5.06. The number of hydrogen-bond acceptors (Lipinski definition) is 6. The van der Waals surface area contributed by atoms with Crippen molar-refractivity contribution in [3.8, 4) is 11.5 Å². The predicted octanol–water partition coefficient (Wildman–Crippen LogP) is 3.72. The van der Waals surface area contributed by atoms with Crippen LogP contribution in [0.25, 0.3) is 11.5 Å². The molecule has 0 radical (unpaired) electrons. The molecule has 1 fully saturated rings. The number of oxazole rings is 1. The van der Waals surface area contributed by atoms with E-state index in [1.807, 2.05) is 25.1 Å². The van der Waals surface area contributed by atoms with Crippen LogP contribution in [-0.4, -0.2) is 53.3 Å². The van der Waals surface area contributed by atoms with Crippen LogP contribution in [0.3, 0.4) is 0 Å². The molecular formula is C20H20BrN3O3. The van der Waals surface area contributed by atoms with Crippen LogP contribution in [0.1, 0.15) is 45.9 Å². The van der Waals surface area contributed by atoms with Crippen molar-refractivity contribution in [2.45, 2.75) is 26.2 Å². The van der Waals surface area contributed by atoms with Gasteiger partial charge in [0.25, 0.3) is 0 Å². The van der Waals surface area contributed by atoms with Crippen LogP contribution < -0.4 is 0 Å². The third-order valence-corrected chi connectivity index (χ3v) is 5.90. The fourth-order valence-corrected chi connectivity index (χ4v) is 3.72.